The number of β-amino-alcohol motifs (C(OH)–C–C–N with tert-alkyl or cyclic N) is 1. The van der Waals surface area contributed by atoms with E-state index in [2.05, 4.69) is 33.9 Å². The van der Waals surface area contributed by atoms with Crippen molar-refractivity contribution in [3.8, 4) is 0 Å². The minimum atomic E-state index is -0.142. The summed E-state index contributed by atoms with van der Waals surface area (Å²) in [5.41, 5.74) is 0.817. The molecule has 1 aliphatic carbocycles. The van der Waals surface area contributed by atoms with Crippen LogP contribution in [0.1, 0.15) is 58.8 Å². The van der Waals surface area contributed by atoms with E-state index in [4.69, 9.17) is 10.1 Å². The number of carbonyl (C=O) groups excluding carboxylic acids is 1. The van der Waals surface area contributed by atoms with Crippen LogP contribution in [0.3, 0.4) is 0 Å². The Hall–Kier alpha value is -1.93. The zero-order valence-corrected chi connectivity index (χ0v) is 19.3. The van der Waals surface area contributed by atoms with E-state index in [-0.39, 0.29) is 24.6 Å². The molecule has 0 unspecified atom stereocenters. The first-order valence-corrected chi connectivity index (χ1v) is 12.1. The number of hydrogen-bond donors (Lipinski definition) is 2. The van der Waals surface area contributed by atoms with Gasteiger partial charge in [0.1, 0.15) is 11.7 Å². The van der Waals surface area contributed by atoms with Crippen molar-refractivity contribution in [3.05, 3.63) is 6.20 Å². The summed E-state index contributed by atoms with van der Waals surface area (Å²) in [6, 6.07) is 0.521. The van der Waals surface area contributed by atoms with Crippen molar-refractivity contribution >= 4 is 23.4 Å². The highest BCUT2D eigenvalue weighted by Gasteiger charge is 2.41. The fraction of sp³-hybridized carbons (Fsp3) is 0.783. The monoisotopic (exact) mass is 430 g/mol. The average molecular weight is 431 g/mol. The van der Waals surface area contributed by atoms with Gasteiger partial charge >= 0.3 is 0 Å². The molecule has 0 spiro atoms. The number of nitrogens with one attached hydrogen (secondary N) is 1. The number of rotatable bonds is 7. The van der Waals surface area contributed by atoms with Crippen LogP contribution in [-0.2, 0) is 4.79 Å². The van der Waals surface area contributed by atoms with Crippen molar-refractivity contribution in [3.63, 3.8) is 0 Å². The molecule has 2 atom stereocenters. The van der Waals surface area contributed by atoms with Crippen molar-refractivity contribution in [1.29, 1.82) is 0 Å². The number of aliphatic hydroxyl groups excluding tert-OH is 1. The highest BCUT2D eigenvalue weighted by molar-refractivity contribution is 6.04. The van der Waals surface area contributed by atoms with Gasteiger partial charge < -0.3 is 25.1 Å². The maximum atomic E-state index is 13.0. The molecule has 2 N–H and O–H groups in total. The number of aliphatic hydroxyl groups is 1. The number of fused-ring (bicyclic) bond motifs is 1. The molecule has 31 heavy (non-hydrogen) atoms. The van der Waals surface area contributed by atoms with Gasteiger partial charge in [0, 0.05) is 25.7 Å². The Kier molecular flexibility index (Phi) is 6.96. The molecule has 8 nitrogen and oxygen atoms in total. The molecule has 8 heteroatoms. The van der Waals surface area contributed by atoms with E-state index in [1.807, 2.05) is 13.2 Å². The summed E-state index contributed by atoms with van der Waals surface area (Å²) in [4.78, 5) is 28.9. The molecule has 172 valence electrons. The summed E-state index contributed by atoms with van der Waals surface area (Å²) in [7, 11) is 1.84. The highest BCUT2D eigenvalue weighted by Crippen LogP contribution is 2.40. The number of piperidine rings is 1. The third kappa shape index (κ3) is 4.51. The standard InChI is InChI=1S/C23H38N6O2/c1-4-19-22(31)27(3)20-15-24-23(26-21(20)29(19)18-7-5-6-8-18)25-16(2)17-9-11-28(12-10-17)13-14-30/h15-19,30H,4-14H2,1-3H3,(H,24,25,26)/t16-,19-/m1/s1. The zero-order valence-electron chi connectivity index (χ0n) is 19.3. The van der Waals surface area contributed by atoms with Gasteiger partial charge in [-0.25, -0.2) is 4.98 Å². The van der Waals surface area contributed by atoms with Crippen LogP contribution in [0.25, 0.3) is 0 Å². The van der Waals surface area contributed by atoms with E-state index in [0.717, 1.165) is 63.2 Å². The summed E-state index contributed by atoms with van der Waals surface area (Å²) >= 11 is 0. The molecule has 1 saturated heterocycles. The fourth-order valence-corrected chi connectivity index (χ4v) is 5.59. The number of nitrogens with zero attached hydrogens (tertiary/aromatic N) is 5. The molecule has 1 amide bonds. The summed E-state index contributed by atoms with van der Waals surface area (Å²) in [6.45, 7) is 7.37. The number of carbonyl (C=O) groups is 1. The first kappa shape index (κ1) is 22.3. The molecule has 3 aliphatic rings. The van der Waals surface area contributed by atoms with Crippen LogP contribution < -0.4 is 15.1 Å². The van der Waals surface area contributed by atoms with E-state index in [1.165, 1.54) is 12.8 Å². The Bertz CT molecular complexity index is 760. The van der Waals surface area contributed by atoms with Gasteiger partial charge in [-0.1, -0.05) is 19.8 Å². The maximum Gasteiger partial charge on any atom is 0.249 e. The molecule has 2 aliphatic heterocycles. The molecular weight excluding hydrogens is 392 g/mol. The minimum Gasteiger partial charge on any atom is -0.395 e. The summed E-state index contributed by atoms with van der Waals surface area (Å²) in [6.07, 6.45) is 9.52. The van der Waals surface area contributed by atoms with Gasteiger partial charge in [0.25, 0.3) is 0 Å². The second-order valence-electron chi connectivity index (χ2n) is 9.40. The van der Waals surface area contributed by atoms with Crippen LogP contribution in [-0.4, -0.2) is 77.3 Å². The third-order valence-electron chi connectivity index (χ3n) is 7.52. The number of hydrogen-bond acceptors (Lipinski definition) is 7. The van der Waals surface area contributed by atoms with Crippen molar-refractivity contribution in [2.45, 2.75) is 76.9 Å². The van der Waals surface area contributed by atoms with Gasteiger partial charge in [-0.3, -0.25) is 4.79 Å². The number of amides is 1. The largest absolute Gasteiger partial charge is 0.395 e. The van der Waals surface area contributed by atoms with Crippen LogP contribution in [0.15, 0.2) is 6.20 Å². The molecule has 3 heterocycles. The highest BCUT2D eigenvalue weighted by atomic mass is 16.3. The lowest BCUT2D eigenvalue weighted by atomic mass is 9.90. The van der Waals surface area contributed by atoms with E-state index in [0.29, 0.717) is 17.9 Å². The number of aromatic nitrogens is 2. The molecule has 0 aromatic carbocycles. The van der Waals surface area contributed by atoms with Crippen molar-refractivity contribution < 1.29 is 9.90 Å². The normalized spacial score (nSPS) is 24.5. The second-order valence-corrected chi connectivity index (χ2v) is 9.40. The predicted octanol–water partition coefficient (Wildman–Crippen LogP) is 2.49. The van der Waals surface area contributed by atoms with Crippen LogP contribution >= 0.6 is 0 Å². The lowest BCUT2D eigenvalue weighted by Gasteiger charge is -2.43. The molecule has 0 bridgehead atoms. The van der Waals surface area contributed by atoms with E-state index < -0.39 is 0 Å². The van der Waals surface area contributed by atoms with Crippen molar-refractivity contribution in [2.75, 3.05) is 48.4 Å². The van der Waals surface area contributed by atoms with Gasteiger partial charge in [0.05, 0.1) is 12.8 Å². The molecular formula is C23H38N6O2. The van der Waals surface area contributed by atoms with Gasteiger partial charge in [0.15, 0.2) is 5.82 Å². The zero-order chi connectivity index (χ0) is 22.0. The van der Waals surface area contributed by atoms with Gasteiger partial charge in [-0.15, -0.1) is 0 Å². The van der Waals surface area contributed by atoms with E-state index in [9.17, 15) is 4.79 Å². The maximum absolute atomic E-state index is 13.0. The predicted molar refractivity (Wildman–Crippen MR) is 124 cm³/mol. The lowest BCUT2D eigenvalue weighted by Crippen LogP contribution is -2.55. The summed E-state index contributed by atoms with van der Waals surface area (Å²) in [5.74, 6) is 2.27. The molecule has 2 fully saturated rings. The van der Waals surface area contributed by atoms with Gasteiger partial charge in [0.2, 0.25) is 11.9 Å². The SMILES string of the molecule is CC[C@@H]1C(=O)N(C)c2cnc(N[C@H](C)C3CCN(CCO)CC3)nc2N1C1CCCC1. The number of anilines is 3. The van der Waals surface area contributed by atoms with Gasteiger partial charge in [-0.05, 0) is 58.0 Å². The second kappa shape index (κ2) is 9.69. The van der Waals surface area contributed by atoms with E-state index in [1.54, 1.807) is 4.90 Å². The molecule has 4 rings (SSSR count). The fourth-order valence-electron chi connectivity index (χ4n) is 5.59. The third-order valence-corrected chi connectivity index (χ3v) is 7.52. The average Bonchev–Trinajstić information content (AvgIpc) is 3.31. The Labute approximate surface area is 186 Å². The van der Waals surface area contributed by atoms with Gasteiger partial charge in [-0.2, -0.15) is 4.98 Å². The smallest absolute Gasteiger partial charge is 0.249 e. The van der Waals surface area contributed by atoms with Crippen LogP contribution in [0, 0.1) is 5.92 Å². The summed E-state index contributed by atoms with van der Waals surface area (Å²) < 4.78 is 0. The van der Waals surface area contributed by atoms with E-state index >= 15 is 0 Å². The Morgan fingerprint density at radius 3 is 2.58 bits per heavy atom. The first-order chi connectivity index (χ1) is 15.0. The molecule has 1 aromatic heterocycles. The number of likely N-dealkylation sites (N-methyl/N-ethyl adjacent to an activating group) is 1. The first-order valence-electron chi connectivity index (χ1n) is 12.1. The Morgan fingerprint density at radius 2 is 1.94 bits per heavy atom. The number of likely N-dealkylation sites (tertiary alicyclic amines) is 1. The van der Waals surface area contributed by atoms with Crippen LogP contribution in [0.5, 0.6) is 0 Å². The molecule has 0 radical (unpaired) electrons. The van der Waals surface area contributed by atoms with Crippen molar-refractivity contribution in [2.24, 2.45) is 5.92 Å². The molecule has 1 saturated carbocycles. The topological polar surface area (TPSA) is 84.8 Å². The summed E-state index contributed by atoms with van der Waals surface area (Å²) in [5, 5.41) is 12.7. The quantitative estimate of drug-likeness (QED) is 0.687. The lowest BCUT2D eigenvalue weighted by molar-refractivity contribution is -0.120. The van der Waals surface area contributed by atoms with Crippen molar-refractivity contribution in [1.82, 2.24) is 14.9 Å². The van der Waals surface area contributed by atoms with Crippen LogP contribution in [0.2, 0.25) is 0 Å². The molecule has 1 aromatic rings. The minimum absolute atomic E-state index is 0.142. The van der Waals surface area contributed by atoms with Crippen LogP contribution in [0.4, 0.5) is 17.5 Å². The Balaban J connectivity index is 1.52. The Morgan fingerprint density at radius 1 is 1.23 bits per heavy atom.